The summed E-state index contributed by atoms with van der Waals surface area (Å²) in [4.78, 5) is 10.8. The summed E-state index contributed by atoms with van der Waals surface area (Å²) in [6.45, 7) is 2.01. The van der Waals surface area contributed by atoms with E-state index in [1.54, 1.807) is 0 Å². The zero-order chi connectivity index (χ0) is 21.6. The van der Waals surface area contributed by atoms with Crippen LogP contribution in [0.1, 0.15) is 13.8 Å². The average Bonchev–Trinajstić information content (AvgIpc) is 2.34. The number of hydrogen-bond acceptors (Lipinski definition) is 3. The Morgan fingerprint density at radius 3 is 1.38 bits per heavy atom. The molecule has 0 rings (SSSR count). The number of carbonyl (C=O) groups is 1. The molecule has 0 saturated heterocycles. The minimum atomic E-state index is -7.91. The van der Waals surface area contributed by atoms with Gasteiger partial charge in [0.15, 0.2) is 0 Å². The third kappa shape index (κ3) is 3.71. The van der Waals surface area contributed by atoms with Gasteiger partial charge in [0.05, 0.1) is 0 Å². The molecule has 1 N–H and O–H groups in total. The predicted octanol–water partition coefficient (Wildman–Crippen LogP) is 4.21. The van der Waals surface area contributed by atoms with Crippen molar-refractivity contribution in [3.05, 3.63) is 11.6 Å². The number of esters is 1. The number of ether oxygens (including phenoxy) is 1. The molecular formula is C11H8F12O3. The number of hydrogen-bond donors (Lipinski definition) is 1. The van der Waals surface area contributed by atoms with Crippen molar-refractivity contribution >= 4 is 5.97 Å². The van der Waals surface area contributed by atoms with Gasteiger partial charge in [0.2, 0.25) is 0 Å². The SMILES string of the molecule is CC(C)=CC(=O)OC(F)(F)C(F)(F)C(F)(F)C(F)(F)C(F)(F)C(O)(F)F. The molecule has 154 valence electrons. The first kappa shape index (κ1) is 24.3. The van der Waals surface area contributed by atoms with E-state index in [2.05, 4.69) is 4.74 Å². The van der Waals surface area contributed by atoms with Crippen molar-refractivity contribution in [1.82, 2.24) is 0 Å². The van der Waals surface area contributed by atoms with Crippen LogP contribution in [0.2, 0.25) is 0 Å². The van der Waals surface area contributed by atoms with Gasteiger partial charge >= 0.3 is 41.9 Å². The Balaban J connectivity index is 6.16. The van der Waals surface area contributed by atoms with E-state index in [0.717, 1.165) is 13.8 Å². The number of allylic oxidation sites excluding steroid dienone is 1. The molecule has 15 heteroatoms. The van der Waals surface area contributed by atoms with Gasteiger partial charge in [0.25, 0.3) is 0 Å². The lowest BCUT2D eigenvalue weighted by atomic mass is 9.97. The Kier molecular flexibility index (Phi) is 6.08. The van der Waals surface area contributed by atoms with Crippen LogP contribution in [-0.2, 0) is 9.53 Å². The third-order valence-electron chi connectivity index (χ3n) is 2.56. The highest BCUT2D eigenvalue weighted by molar-refractivity contribution is 5.82. The maximum atomic E-state index is 13.2. The van der Waals surface area contributed by atoms with Crippen LogP contribution in [0.15, 0.2) is 11.6 Å². The van der Waals surface area contributed by atoms with Gasteiger partial charge in [-0.15, -0.1) is 0 Å². The molecule has 0 fully saturated rings. The van der Waals surface area contributed by atoms with Crippen LogP contribution < -0.4 is 0 Å². The van der Waals surface area contributed by atoms with Crippen LogP contribution in [0.5, 0.6) is 0 Å². The Bertz CT molecular complexity index is 571. The van der Waals surface area contributed by atoms with Gasteiger partial charge in [0, 0.05) is 6.08 Å². The monoisotopic (exact) mass is 416 g/mol. The van der Waals surface area contributed by atoms with Gasteiger partial charge in [-0.1, -0.05) is 5.57 Å². The molecule has 0 heterocycles. The molecule has 0 aromatic rings. The normalized spacial score (nSPS) is 14.9. The molecule has 0 spiro atoms. The van der Waals surface area contributed by atoms with Gasteiger partial charge in [-0.2, -0.15) is 52.7 Å². The largest absolute Gasteiger partial charge is 0.473 e. The molecule has 26 heavy (non-hydrogen) atoms. The number of halogens is 12. The minimum Gasteiger partial charge on any atom is -0.393 e. The topological polar surface area (TPSA) is 46.5 Å². The van der Waals surface area contributed by atoms with Gasteiger partial charge in [-0.25, -0.2) is 4.79 Å². The summed E-state index contributed by atoms with van der Waals surface area (Å²) in [6, 6.07) is 0. The Hall–Kier alpha value is -1.67. The molecular weight excluding hydrogens is 408 g/mol. The molecule has 0 amide bonds. The Labute approximate surface area is 136 Å². The molecule has 0 bridgehead atoms. The molecule has 0 aromatic carbocycles. The highest BCUT2D eigenvalue weighted by Gasteiger charge is 2.91. The van der Waals surface area contributed by atoms with Crippen molar-refractivity contribution in [2.75, 3.05) is 0 Å². The van der Waals surface area contributed by atoms with E-state index in [1.807, 2.05) is 0 Å². The van der Waals surface area contributed by atoms with Crippen LogP contribution in [0.4, 0.5) is 52.7 Å². The first-order valence-electron chi connectivity index (χ1n) is 5.93. The van der Waals surface area contributed by atoms with Crippen molar-refractivity contribution in [3.8, 4) is 0 Å². The smallest absolute Gasteiger partial charge is 0.393 e. The fourth-order valence-corrected chi connectivity index (χ4v) is 1.22. The van der Waals surface area contributed by atoms with E-state index in [-0.39, 0.29) is 11.6 Å². The summed E-state index contributed by atoms with van der Waals surface area (Å²) >= 11 is 0. The summed E-state index contributed by atoms with van der Waals surface area (Å²) in [5.74, 6) is -33.5. The summed E-state index contributed by atoms with van der Waals surface area (Å²) in [6.07, 6.45) is -13.8. The second-order valence-corrected chi connectivity index (χ2v) is 5.00. The number of rotatable bonds is 7. The fourth-order valence-electron chi connectivity index (χ4n) is 1.22. The van der Waals surface area contributed by atoms with Gasteiger partial charge < -0.3 is 9.84 Å². The lowest BCUT2D eigenvalue weighted by molar-refractivity contribution is -0.468. The average molecular weight is 416 g/mol. The van der Waals surface area contributed by atoms with Crippen LogP contribution in [0, 0.1) is 0 Å². The minimum absolute atomic E-state index is 0.0246. The molecule has 0 aliphatic carbocycles. The van der Waals surface area contributed by atoms with E-state index >= 15 is 0 Å². The Morgan fingerprint density at radius 1 is 0.731 bits per heavy atom. The summed E-state index contributed by atoms with van der Waals surface area (Å²) in [5, 5.41) is 7.54. The van der Waals surface area contributed by atoms with E-state index in [0.29, 0.717) is 0 Å². The highest BCUT2D eigenvalue weighted by atomic mass is 19.4. The number of aliphatic hydroxyl groups is 1. The zero-order valence-electron chi connectivity index (χ0n) is 12.4. The van der Waals surface area contributed by atoms with Gasteiger partial charge in [-0.3, -0.25) is 0 Å². The number of carbonyl (C=O) groups excluding carboxylic acids is 1. The molecule has 0 atom stereocenters. The molecule has 0 aliphatic heterocycles. The zero-order valence-corrected chi connectivity index (χ0v) is 12.4. The van der Waals surface area contributed by atoms with Crippen LogP contribution in [0.3, 0.4) is 0 Å². The van der Waals surface area contributed by atoms with E-state index in [9.17, 15) is 57.5 Å². The first-order chi connectivity index (χ1) is 11.1. The van der Waals surface area contributed by atoms with Crippen molar-refractivity contribution in [3.63, 3.8) is 0 Å². The van der Waals surface area contributed by atoms with Crippen molar-refractivity contribution in [2.24, 2.45) is 0 Å². The molecule has 3 nitrogen and oxygen atoms in total. The summed E-state index contributed by atoms with van der Waals surface area (Å²) in [5.41, 5.74) is -0.210. The molecule has 0 unspecified atom stereocenters. The van der Waals surface area contributed by atoms with E-state index in [4.69, 9.17) is 5.11 Å². The number of alkyl halides is 12. The fraction of sp³-hybridized carbons (Fsp3) is 0.727. The quantitative estimate of drug-likeness (QED) is 0.384. The maximum Gasteiger partial charge on any atom is 0.473 e. The van der Waals surface area contributed by atoms with Crippen LogP contribution in [0.25, 0.3) is 0 Å². The van der Waals surface area contributed by atoms with E-state index < -0.39 is 41.9 Å². The summed E-state index contributed by atoms with van der Waals surface area (Å²) < 4.78 is 156. The second kappa shape index (κ2) is 6.49. The standard InChI is InChI=1S/C11H8F12O3/c1-4(2)3-5(24)26-11(22,23)9(18,19)7(14,15)6(12,13)8(16,17)10(20,21)25/h3,25H,1-2H3. The van der Waals surface area contributed by atoms with Crippen LogP contribution >= 0.6 is 0 Å². The maximum absolute atomic E-state index is 13.2. The summed E-state index contributed by atoms with van der Waals surface area (Å²) in [7, 11) is 0. The molecule has 0 radical (unpaired) electrons. The molecule has 0 saturated carbocycles. The van der Waals surface area contributed by atoms with Crippen LogP contribution in [-0.4, -0.2) is 47.0 Å². The predicted molar refractivity (Wildman–Crippen MR) is 57.4 cm³/mol. The lowest BCUT2D eigenvalue weighted by Gasteiger charge is -2.39. The van der Waals surface area contributed by atoms with Gasteiger partial charge in [-0.05, 0) is 13.8 Å². The van der Waals surface area contributed by atoms with Crippen molar-refractivity contribution in [1.29, 1.82) is 0 Å². The third-order valence-corrected chi connectivity index (χ3v) is 2.56. The van der Waals surface area contributed by atoms with Crippen molar-refractivity contribution < 1.29 is 67.3 Å². The molecule has 0 aliphatic rings. The molecule has 0 aromatic heterocycles. The first-order valence-corrected chi connectivity index (χ1v) is 5.93. The lowest BCUT2D eigenvalue weighted by Crippen LogP contribution is -2.71. The van der Waals surface area contributed by atoms with E-state index in [1.165, 1.54) is 0 Å². The Morgan fingerprint density at radius 2 is 1.08 bits per heavy atom. The highest BCUT2D eigenvalue weighted by Crippen LogP contribution is 2.59. The second-order valence-electron chi connectivity index (χ2n) is 5.00. The van der Waals surface area contributed by atoms with Gasteiger partial charge in [0.1, 0.15) is 0 Å². The van der Waals surface area contributed by atoms with Crippen molar-refractivity contribution in [2.45, 2.75) is 49.8 Å².